The summed E-state index contributed by atoms with van der Waals surface area (Å²) < 4.78 is 4.51. The van der Waals surface area contributed by atoms with Crippen LogP contribution in [0.1, 0.15) is 12.8 Å². The van der Waals surface area contributed by atoms with E-state index >= 15 is 0 Å². The number of halogens is 2. The Labute approximate surface area is 85.3 Å². The average molecular weight is 223 g/mol. The summed E-state index contributed by atoms with van der Waals surface area (Å²) in [6.07, 6.45) is 0.899. The Morgan fingerprint density at radius 2 is 1.38 bits per heavy atom. The molecule has 0 N–H and O–H groups in total. The van der Waals surface area contributed by atoms with E-state index < -0.39 is 11.9 Å². The standard InChI is InChI=1S/C8H8Cl2O3/c9-5-1-3-4(2-6(5)10)8(12)13-7(3)11/h3-6H,1-2H2/t3-,4-,5-,6+/m0/s1. The van der Waals surface area contributed by atoms with Crippen molar-refractivity contribution >= 4 is 35.1 Å². The third-order valence-corrected chi connectivity index (χ3v) is 3.74. The highest BCUT2D eigenvalue weighted by atomic mass is 35.5. The maximum atomic E-state index is 11.1. The minimum Gasteiger partial charge on any atom is -0.393 e. The van der Waals surface area contributed by atoms with Crippen molar-refractivity contribution in [2.75, 3.05) is 0 Å². The summed E-state index contributed by atoms with van der Waals surface area (Å²) in [5.41, 5.74) is 0. The molecule has 0 spiro atoms. The monoisotopic (exact) mass is 222 g/mol. The van der Waals surface area contributed by atoms with Gasteiger partial charge in [-0.15, -0.1) is 23.2 Å². The molecule has 2 fully saturated rings. The van der Waals surface area contributed by atoms with E-state index in [2.05, 4.69) is 4.74 Å². The summed E-state index contributed by atoms with van der Waals surface area (Å²) in [7, 11) is 0. The smallest absolute Gasteiger partial charge is 0.317 e. The topological polar surface area (TPSA) is 43.4 Å². The largest absolute Gasteiger partial charge is 0.393 e. The lowest BCUT2D eigenvalue weighted by Gasteiger charge is -2.27. The number of esters is 2. The van der Waals surface area contributed by atoms with Crippen molar-refractivity contribution in [1.82, 2.24) is 0 Å². The number of alkyl halides is 2. The fourth-order valence-electron chi connectivity index (χ4n) is 1.88. The van der Waals surface area contributed by atoms with Gasteiger partial charge in [0.05, 0.1) is 22.6 Å². The van der Waals surface area contributed by atoms with Crippen LogP contribution in [0.2, 0.25) is 0 Å². The molecule has 4 atom stereocenters. The highest BCUT2D eigenvalue weighted by Gasteiger charge is 2.49. The molecule has 2 rings (SSSR count). The zero-order valence-corrected chi connectivity index (χ0v) is 8.22. The maximum absolute atomic E-state index is 11.1. The molecular formula is C8H8Cl2O3. The molecule has 0 aromatic carbocycles. The molecule has 0 aromatic heterocycles. The third kappa shape index (κ3) is 1.44. The Bertz CT molecular complexity index is 240. The van der Waals surface area contributed by atoms with Crippen LogP contribution in [0.5, 0.6) is 0 Å². The van der Waals surface area contributed by atoms with E-state index in [0.717, 1.165) is 0 Å². The summed E-state index contributed by atoms with van der Waals surface area (Å²) in [6.45, 7) is 0. The van der Waals surface area contributed by atoms with Crippen LogP contribution < -0.4 is 0 Å². The SMILES string of the molecule is O=C1OC(=O)[C@H]2C[C@H](Cl)[C@H](Cl)C[C@H]12. The molecule has 1 saturated heterocycles. The number of rotatable bonds is 0. The van der Waals surface area contributed by atoms with Crippen LogP contribution in [0.3, 0.4) is 0 Å². The molecule has 0 bridgehead atoms. The molecule has 2 aliphatic rings. The van der Waals surface area contributed by atoms with Crippen molar-refractivity contribution in [3.63, 3.8) is 0 Å². The van der Waals surface area contributed by atoms with E-state index in [1.807, 2.05) is 0 Å². The predicted molar refractivity (Wildman–Crippen MR) is 46.6 cm³/mol. The number of hydrogen-bond acceptors (Lipinski definition) is 3. The number of carbonyl (C=O) groups excluding carboxylic acids is 2. The van der Waals surface area contributed by atoms with E-state index in [4.69, 9.17) is 23.2 Å². The number of cyclic esters (lactones) is 2. The van der Waals surface area contributed by atoms with Gasteiger partial charge in [-0.3, -0.25) is 9.59 Å². The second-order valence-electron chi connectivity index (χ2n) is 3.46. The summed E-state index contributed by atoms with van der Waals surface area (Å²) in [5, 5.41) is -0.470. The van der Waals surface area contributed by atoms with Gasteiger partial charge in [0.15, 0.2) is 0 Å². The Hall–Kier alpha value is -0.280. The summed E-state index contributed by atoms with van der Waals surface area (Å²) >= 11 is 11.8. The Morgan fingerprint density at radius 1 is 1.00 bits per heavy atom. The molecule has 0 aromatic rings. The van der Waals surface area contributed by atoms with Crippen LogP contribution in [0.25, 0.3) is 0 Å². The highest BCUT2D eigenvalue weighted by Crippen LogP contribution is 2.40. The number of hydrogen-bond donors (Lipinski definition) is 0. The molecule has 1 heterocycles. The molecule has 0 radical (unpaired) electrons. The molecule has 0 unspecified atom stereocenters. The summed E-state index contributed by atoms with van der Waals surface area (Å²) in [4.78, 5) is 22.3. The average Bonchev–Trinajstić information content (AvgIpc) is 2.31. The van der Waals surface area contributed by atoms with E-state index in [0.29, 0.717) is 12.8 Å². The van der Waals surface area contributed by atoms with Gasteiger partial charge in [-0.05, 0) is 12.8 Å². The normalized spacial score (nSPS) is 44.5. The van der Waals surface area contributed by atoms with Gasteiger partial charge >= 0.3 is 11.9 Å². The van der Waals surface area contributed by atoms with Gasteiger partial charge in [0.25, 0.3) is 0 Å². The van der Waals surface area contributed by atoms with Gasteiger partial charge in [0, 0.05) is 0 Å². The van der Waals surface area contributed by atoms with Crippen molar-refractivity contribution < 1.29 is 14.3 Å². The van der Waals surface area contributed by atoms with Gasteiger partial charge in [-0.25, -0.2) is 0 Å². The zero-order chi connectivity index (χ0) is 9.59. The van der Waals surface area contributed by atoms with Gasteiger partial charge in [0.2, 0.25) is 0 Å². The van der Waals surface area contributed by atoms with Crippen molar-refractivity contribution in [3.8, 4) is 0 Å². The first kappa shape index (κ1) is 9.28. The molecule has 13 heavy (non-hydrogen) atoms. The van der Waals surface area contributed by atoms with E-state index in [1.54, 1.807) is 0 Å². The quantitative estimate of drug-likeness (QED) is 0.353. The minimum atomic E-state index is -0.441. The molecule has 72 valence electrons. The predicted octanol–water partition coefficient (Wildman–Crippen LogP) is 1.31. The van der Waals surface area contributed by atoms with Crippen LogP contribution in [-0.2, 0) is 14.3 Å². The van der Waals surface area contributed by atoms with E-state index in [-0.39, 0.29) is 22.6 Å². The molecular weight excluding hydrogens is 215 g/mol. The van der Waals surface area contributed by atoms with Crippen LogP contribution in [0.4, 0.5) is 0 Å². The van der Waals surface area contributed by atoms with Gasteiger partial charge in [-0.1, -0.05) is 0 Å². The first-order valence-electron chi connectivity index (χ1n) is 4.13. The summed E-state index contributed by atoms with van der Waals surface area (Å²) in [5.74, 6) is -1.59. The maximum Gasteiger partial charge on any atom is 0.317 e. The van der Waals surface area contributed by atoms with Crippen LogP contribution >= 0.6 is 23.2 Å². The molecule has 1 saturated carbocycles. The van der Waals surface area contributed by atoms with Gasteiger partial charge < -0.3 is 4.74 Å². The Kier molecular flexibility index (Phi) is 2.24. The summed E-state index contributed by atoms with van der Waals surface area (Å²) in [6, 6.07) is 0. The van der Waals surface area contributed by atoms with Crippen molar-refractivity contribution in [3.05, 3.63) is 0 Å². The van der Waals surface area contributed by atoms with Crippen molar-refractivity contribution in [2.24, 2.45) is 11.8 Å². The van der Waals surface area contributed by atoms with Crippen LogP contribution in [0.15, 0.2) is 0 Å². The molecule has 5 heteroatoms. The van der Waals surface area contributed by atoms with Crippen LogP contribution in [-0.4, -0.2) is 22.7 Å². The first-order valence-corrected chi connectivity index (χ1v) is 5.00. The minimum absolute atomic E-state index is 0.235. The fraction of sp³-hybridized carbons (Fsp3) is 0.750. The second-order valence-corrected chi connectivity index (χ2v) is 4.58. The van der Waals surface area contributed by atoms with Crippen molar-refractivity contribution in [1.29, 1.82) is 0 Å². The third-order valence-electron chi connectivity index (χ3n) is 2.64. The molecule has 0 amide bonds. The highest BCUT2D eigenvalue weighted by molar-refractivity contribution is 6.30. The number of ether oxygens (including phenoxy) is 1. The van der Waals surface area contributed by atoms with Crippen LogP contribution in [0, 0.1) is 11.8 Å². The Morgan fingerprint density at radius 3 is 1.77 bits per heavy atom. The van der Waals surface area contributed by atoms with Gasteiger partial charge in [0.1, 0.15) is 0 Å². The lowest BCUT2D eigenvalue weighted by molar-refractivity contribution is -0.153. The lowest BCUT2D eigenvalue weighted by Crippen LogP contribution is -2.34. The van der Waals surface area contributed by atoms with Gasteiger partial charge in [-0.2, -0.15) is 0 Å². The molecule has 3 nitrogen and oxygen atoms in total. The van der Waals surface area contributed by atoms with E-state index in [9.17, 15) is 9.59 Å². The first-order chi connectivity index (χ1) is 6.09. The molecule has 1 aliphatic carbocycles. The lowest BCUT2D eigenvalue weighted by atomic mass is 9.80. The van der Waals surface area contributed by atoms with E-state index in [1.165, 1.54) is 0 Å². The zero-order valence-electron chi connectivity index (χ0n) is 6.70. The van der Waals surface area contributed by atoms with Crippen molar-refractivity contribution in [2.45, 2.75) is 23.6 Å². The second kappa shape index (κ2) is 3.14. The number of fused-ring (bicyclic) bond motifs is 1. The Balaban J connectivity index is 2.19. The molecule has 1 aliphatic heterocycles. The fourth-order valence-corrected chi connectivity index (χ4v) is 2.47. The number of carbonyl (C=O) groups is 2.